The van der Waals surface area contributed by atoms with E-state index in [1.54, 1.807) is 7.11 Å². The molecule has 0 fully saturated rings. The topological polar surface area (TPSA) is 49.7 Å². The van der Waals surface area contributed by atoms with Gasteiger partial charge >= 0.3 is 0 Å². The molecule has 0 bridgehead atoms. The van der Waals surface area contributed by atoms with Crippen LogP contribution in [0.5, 0.6) is 5.75 Å². The average Bonchev–Trinajstić information content (AvgIpc) is 2.83. The third-order valence-electron chi connectivity index (χ3n) is 4.43. The molecule has 3 nitrogen and oxygen atoms in total. The van der Waals surface area contributed by atoms with Crippen LogP contribution < -0.4 is 4.74 Å². The second-order valence-electron chi connectivity index (χ2n) is 5.59. The average molecular weight is 292 g/mol. The van der Waals surface area contributed by atoms with Crippen LogP contribution in [0, 0.1) is 0 Å². The molecule has 110 valence electrons. The number of aliphatic hydroxyl groups excluding tert-OH is 2. The Bertz CT molecular complexity index is 852. The molecule has 0 heterocycles. The summed E-state index contributed by atoms with van der Waals surface area (Å²) in [7, 11) is 1.64. The van der Waals surface area contributed by atoms with E-state index in [-0.39, 0.29) is 0 Å². The van der Waals surface area contributed by atoms with Crippen molar-refractivity contribution in [2.45, 2.75) is 12.2 Å². The van der Waals surface area contributed by atoms with E-state index >= 15 is 0 Å². The smallest absolute Gasteiger partial charge is 0.118 e. The highest BCUT2D eigenvalue weighted by Crippen LogP contribution is 2.48. The molecule has 0 saturated carbocycles. The van der Waals surface area contributed by atoms with Gasteiger partial charge in [-0.3, -0.25) is 0 Å². The molecular formula is C19H16O3. The van der Waals surface area contributed by atoms with E-state index in [1.165, 1.54) is 0 Å². The third kappa shape index (κ3) is 1.76. The quantitative estimate of drug-likeness (QED) is 0.759. The molecule has 3 aromatic rings. The Labute approximate surface area is 128 Å². The lowest BCUT2D eigenvalue weighted by atomic mass is 9.94. The van der Waals surface area contributed by atoms with Gasteiger partial charge in [0.25, 0.3) is 0 Å². The number of benzene rings is 3. The standard InChI is InChI=1S/C19H16O3/c1-22-13-8-5-11(6-9-13)14-10-7-12-3-2-4-15-16(12)17(14)19(21)18(15)20/h2-10,18-21H,1H3/t18-,19-/m0/s1. The van der Waals surface area contributed by atoms with Gasteiger partial charge in [-0.25, -0.2) is 0 Å². The molecule has 4 rings (SSSR count). The van der Waals surface area contributed by atoms with Crippen LogP contribution in [0.4, 0.5) is 0 Å². The second-order valence-corrected chi connectivity index (χ2v) is 5.59. The maximum atomic E-state index is 10.5. The highest BCUT2D eigenvalue weighted by Gasteiger charge is 2.33. The van der Waals surface area contributed by atoms with Gasteiger partial charge < -0.3 is 14.9 Å². The van der Waals surface area contributed by atoms with Gasteiger partial charge in [-0.2, -0.15) is 0 Å². The molecule has 2 N–H and O–H groups in total. The molecule has 0 aliphatic heterocycles. The summed E-state index contributed by atoms with van der Waals surface area (Å²) in [5.41, 5.74) is 3.56. The van der Waals surface area contributed by atoms with Crippen molar-refractivity contribution < 1.29 is 14.9 Å². The maximum absolute atomic E-state index is 10.5. The zero-order valence-corrected chi connectivity index (χ0v) is 12.2. The predicted octanol–water partition coefficient (Wildman–Crippen LogP) is 3.60. The summed E-state index contributed by atoms with van der Waals surface area (Å²) < 4.78 is 5.19. The highest BCUT2D eigenvalue weighted by atomic mass is 16.5. The first-order valence-corrected chi connectivity index (χ1v) is 7.27. The summed E-state index contributed by atoms with van der Waals surface area (Å²) in [6.45, 7) is 0. The van der Waals surface area contributed by atoms with Crippen LogP contribution in [0.3, 0.4) is 0 Å². The van der Waals surface area contributed by atoms with Crippen LogP contribution in [0.25, 0.3) is 21.9 Å². The van der Waals surface area contributed by atoms with Crippen LogP contribution in [0.2, 0.25) is 0 Å². The predicted molar refractivity (Wildman–Crippen MR) is 85.9 cm³/mol. The van der Waals surface area contributed by atoms with Gasteiger partial charge in [0, 0.05) is 0 Å². The summed E-state index contributed by atoms with van der Waals surface area (Å²) in [5, 5.41) is 22.8. The van der Waals surface area contributed by atoms with E-state index in [9.17, 15) is 10.2 Å². The minimum atomic E-state index is -0.891. The fourth-order valence-corrected chi connectivity index (χ4v) is 3.34. The van der Waals surface area contributed by atoms with Crippen molar-refractivity contribution in [3.63, 3.8) is 0 Å². The van der Waals surface area contributed by atoms with Crippen molar-refractivity contribution >= 4 is 10.8 Å². The molecule has 22 heavy (non-hydrogen) atoms. The fourth-order valence-electron chi connectivity index (χ4n) is 3.34. The van der Waals surface area contributed by atoms with Crippen molar-refractivity contribution in [2.24, 2.45) is 0 Å². The number of aliphatic hydroxyl groups is 2. The molecule has 0 saturated heterocycles. The summed E-state index contributed by atoms with van der Waals surface area (Å²) in [4.78, 5) is 0. The van der Waals surface area contributed by atoms with Gasteiger partial charge in [0.15, 0.2) is 0 Å². The van der Waals surface area contributed by atoms with E-state index < -0.39 is 12.2 Å². The Morgan fingerprint density at radius 1 is 0.864 bits per heavy atom. The SMILES string of the molecule is COc1ccc(-c2ccc3cccc4c3c2[C@H](O)[C@H]4O)cc1. The molecule has 1 aliphatic rings. The molecule has 3 aromatic carbocycles. The first-order chi connectivity index (χ1) is 10.7. The molecular weight excluding hydrogens is 276 g/mol. The summed E-state index contributed by atoms with van der Waals surface area (Å²) in [6.07, 6.45) is -1.75. The monoisotopic (exact) mass is 292 g/mol. The van der Waals surface area contributed by atoms with Gasteiger partial charge in [-0.1, -0.05) is 42.5 Å². The molecule has 0 spiro atoms. The highest BCUT2D eigenvalue weighted by molar-refractivity contribution is 5.97. The van der Waals surface area contributed by atoms with Gasteiger partial charge in [0.1, 0.15) is 18.0 Å². The minimum Gasteiger partial charge on any atom is -0.497 e. The Kier molecular flexibility index (Phi) is 2.93. The molecule has 0 amide bonds. The van der Waals surface area contributed by atoms with E-state index in [1.807, 2.05) is 54.6 Å². The number of ether oxygens (including phenoxy) is 1. The number of rotatable bonds is 2. The van der Waals surface area contributed by atoms with Crippen molar-refractivity contribution in [1.29, 1.82) is 0 Å². The van der Waals surface area contributed by atoms with E-state index in [0.717, 1.165) is 38.8 Å². The van der Waals surface area contributed by atoms with Crippen molar-refractivity contribution in [1.82, 2.24) is 0 Å². The molecule has 0 aromatic heterocycles. The summed E-state index contributed by atoms with van der Waals surface area (Å²) in [5.74, 6) is 0.794. The Morgan fingerprint density at radius 3 is 2.36 bits per heavy atom. The van der Waals surface area contributed by atoms with Gasteiger partial charge in [0.05, 0.1) is 7.11 Å². The van der Waals surface area contributed by atoms with Crippen molar-refractivity contribution in [3.8, 4) is 16.9 Å². The molecule has 0 radical (unpaired) electrons. The zero-order chi connectivity index (χ0) is 15.3. The lowest BCUT2D eigenvalue weighted by Crippen LogP contribution is -2.03. The van der Waals surface area contributed by atoms with Crippen LogP contribution >= 0.6 is 0 Å². The van der Waals surface area contributed by atoms with E-state index in [2.05, 4.69) is 0 Å². The third-order valence-corrected chi connectivity index (χ3v) is 4.43. The summed E-state index contributed by atoms with van der Waals surface area (Å²) >= 11 is 0. The normalized spacial score (nSPS) is 19.6. The molecule has 3 heteroatoms. The van der Waals surface area contributed by atoms with Crippen LogP contribution in [0.1, 0.15) is 23.3 Å². The molecule has 1 aliphatic carbocycles. The van der Waals surface area contributed by atoms with Gasteiger partial charge in [-0.15, -0.1) is 0 Å². The lowest BCUT2D eigenvalue weighted by molar-refractivity contribution is 0.0256. The van der Waals surface area contributed by atoms with Gasteiger partial charge in [0.2, 0.25) is 0 Å². The molecule has 0 unspecified atom stereocenters. The number of methoxy groups -OCH3 is 1. The lowest BCUT2D eigenvalue weighted by Gasteiger charge is -2.14. The van der Waals surface area contributed by atoms with E-state index in [4.69, 9.17) is 4.74 Å². The van der Waals surface area contributed by atoms with Crippen molar-refractivity contribution in [3.05, 3.63) is 65.7 Å². The first kappa shape index (κ1) is 13.3. The van der Waals surface area contributed by atoms with Crippen LogP contribution in [-0.4, -0.2) is 17.3 Å². The van der Waals surface area contributed by atoms with Crippen LogP contribution in [-0.2, 0) is 0 Å². The second kappa shape index (κ2) is 4.83. The minimum absolute atomic E-state index is 0.794. The maximum Gasteiger partial charge on any atom is 0.118 e. The Morgan fingerprint density at radius 2 is 1.64 bits per heavy atom. The Hall–Kier alpha value is -2.36. The van der Waals surface area contributed by atoms with Gasteiger partial charge in [-0.05, 0) is 45.2 Å². The fraction of sp³-hybridized carbons (Fsp3) is 0.158. The van der Waals surface area contributed by atoms with E-state index in [0.29, 0.717) is 0 Å². The van der Waals surface area contributed by atoms with Crippen LogP contribution in [0.15, 0.2) is 54.6 Å². The Balaban J connectivity index is 1.98. The zero-order valence-electron chi connectivity index (χ0n) is 12.2. The first-order valence-electron chi connectivity index (χ1n) is 7.27. The summed E-state index contributed by atoms with van der Waals surface area (Å²) in [6, 6.07) is 17.6. The number of hydrogen-bond donors (Lipinski definition) is 2. The molecule has 2 atom stereocenters. The van der Waals surface area contributed by atoms with Crippen molar-refractivity contribution in [2.75, 3.05) is 7.11 Å². The number of hydrogen-bond acceptors (Lipinski definition) is 3. The largest absolute Gasteiger partial charge is 0.497 e.